The normalized spacial score (nSPS) is 22.2. The van der Waals surface area contributed by atoms with Crippen LogP contribution in [-0.2, 0) is 25.7 Å². The molecule has 194 valence electrons. The van der Waals surface area contributed by atoms with Crippen LogP contribution in [0.25, 0.3) is 0 Å². The number of carboxylic acids is 1. The molecule has 2 N–H and O–H groups in total. The Bertz CT molecular complexity index is 913. The highest BCUT2D eigenvalue weighted by molar-refractivity contribution is 5.82. The van der Waals surface area contributed by atoms with E-state index in [0.717, 1.165) is 37.8 Å². The van der Waals surface area contributed by atoms with Gasteiger partial charge in [-0.05, 0) is 50.4 Å². The van der Waals surface area contributed by atoms with Crippen LogP contribution in [0.15, 0.2) is 24.3 Å². The summed E-state index contributed by atoms with van der Waals surface area (Å²) in [5, 5.41) is 10.0. The number of nitrogens with zero attached hydrogens (tertiary/aromatic N) is 2. The Morgan fingerprint density at radius 2 is 1.71 bits per heavy atom. The van der Waals surface area contributed by atoms with E-state index in [-0.39, 0.29) is 29.2 Å². The van der Waals surface area contributed by atoms with Gasteiger partial charge in [0, 0.05) is 38.6 Å². The molecule has 1 spiro atoms. The second-order valence-electron chi connectivity index (χ2n) is 9.23. The molecule has 2 heterocycles. The van der Waals surface area contributed by atoms with E-state index < -0.39 is 18.2 Å². The van der Waals surface area contributed by atoms with Crippen LogP contribution in [0.3, 0.4) is 0 Å². The number of carbonyl (C=O) groups excluding carboxylic acids is 2. The number of amides is 2. The molecule has 1 aromatic rings. The van der Waals surface area contributed by atoms with Crippen LogP contribution in [0.4, 0.5) is 17.6 Å². The third kappa shape index (κ3) is 7.63. The molecule has 1 aromatic carbocycles. The number of hydrogen-bond acceptors (Lipinski definition) is 5. The minimum Gasteiger partial charge on any atom is -0.475 e. The van der Waals surface area contributed by atoms with Crippen molar-refractivity contribution in [3.05, 3.63) is 35.6 Å². The molecule has 4 rings (SSSR count). The Hall–Kier alpha value is -2.73. The van der Waals surface area contributed by atoms with E-state index in [4.69, 9.17) is 14.6 Å². The summed E-state index contributed by atoms with van der Waals surface area (Å²) in [5.74, 6) is -2.67. The quantitative estimate of drug-likeness (QED) is 0.612. The second-order valence-corrected chi connectivity index (χ2v) is 9.23. The molecule has 2 saturated heterocycles. The minimum atomic E-state index is -5.08. The lowest BCUT2D eigenvalue weighted by molar-refractivity contribution is -0.192. The van der Waals surface area contributed by atoms with E-state index in [1.54, 1.807) is 12.1 Å². The van der Waals surface area contributed by atoms with Crippen LogP contribution in [0, 0.1) is 11.7 Å². The highest BCUT2D eigenvalue weighted by Gasteiger charge is 2.46. The summed E-state index contributed by atoms with van der Waals surface area (Å²) in [6, 6.07) is 6.10. The first-order chi connectivity index (χ1) is 16.4. The first-order valence-electron chi connectivity index (χ1n) is 11.4. The second kappa shape index (κ2) is 10.9. The number of hydrogen-bond donors (Lipinski definition) is 2. The zero-order valence-electron chi connectivity index (χ0n) is 19.3. The topological polar surface area (TPSA) is 99.2 Å². The van der Waals surface area contributed by atoms with Gasteiger partial charge in [0.05, 0.1) is 5.60 Å². The number of morpholine rings is 1. The summed E-state index contributed by atoms with van der Waals surface area (Å²) in [5.41, 5.74) is 0.478. The maximum atomic E-state index is 13.0. The number of rotatable bonds is 4. The summed E-state index contributed by atoms with van der Waals surface area (Å²) in [6.07, 6.45) is -2.05. The lowest BCUT2D eigenvalue weighted by Crippen LogP contribution is -2.61. The molecule has 0 bridgehead atoms. The fourth-order valence-electron chi connectivity index (χ4n) is 4.26. The van der Waals surface area contributed by atoms with Crippen LogP contribution in [0.2, 0.25) is 0 Å². The van der Waals surface area contributed by atoms with Gasteiger partial charge in [-0.2, -0.15) is 13.2 Å². The lowest BCUT2D eigenvalue weighted by atomic mass is 9.88. The molecule has 35 heavy (non-hydrogen) atoms. The molecule has 3 fully saturated rings. The number of carboxylic acid groups (broad SMARTS) is 1. The Kier molecular flexibility index (Phi) is 8.37. The molecule has 1 atom stereocenters. The van der Waals surface area contributed by atoms with Crippen molar-refractivity contribution in [2.24, 2.45) is 5.92 Å². The molecule has 12 heteroatoms. The van der Waals surface area contributed by atoms with Crippen molar-refractivity contribution in [2.75, 3.05) is 33.2 Å². The van der Waals surface area contributed by atoms with Gasteiger partial charge in [0.1, 0.15) is 11.9 Å². The number of nitrogens with one attached hydrogen (secondary N) is 1. The van der Waals surface area contributed by atoms with Gasteiger partial charge >= 0.3 is 12.1 Å². The van der Waals surface area contributed by atoms with E-state index in [1.807, 2.05) is 11.9 Å². The van der Waals surface area contributed by atoms with Crippen LogP contribution in [0.5, 0.6) is 0 Å². The number of benzene rings is 1. The first-order valence-corrected chi connectivity index (χ1v) is 11.4. The van der Waals surface area contributed by atoms with Crippen molar-refractivity contribution in [1.82, 2.24) is 15.1 Å². The molecule has 3 aliphatic rings. The molecule has 2 amide bonds. The predicted octanol–water partition coefficient (Wildman–Crippen LogP) is 2.18. The van der Waals surface area contributed by atoms with Crippen molar-refractivity contribution in [3.63, 3.8) is 0 Å². The number of piperidine rings is 1. The van der Waals surface area contributed by atoms with Gasteiger partial charge < -0.3 is 25.0 Å². The predicted molar refractivity (Wildman–Crippen MR) is 116 cm³/mol. The minimum absolute atomic E-state index is 0.147. The van der Waals surface area contributed by atoms with E-state index in [2.05, 4.69) is 10.2 Å². The standard InChI is InChI=1S/C21H28FN3O3.C2HF3O2/c1-24-13-18(19(26)23-12-15-2-6-17(22)7-3-15)28-21(14-24)8-10-25(11-9-21)20(27)16-4-5-16;3-2(4,5)1(6)7/h2-3,6-7,16,18H,4-5,8-14H2,1H3,(H,23,26);(H,6,7). The Balaban J connectivity index is 0.000000429. The number of ether oxygens (including phenoxy) is 1. The summed E-state index contributed by atoms with van der Waals surface area (Å²) in [4.78, 5) is 38.0. The van der Waals surface area contributed by atoms with Crippen molar-refractivity contribution in [3.8, 4) is 0 Å². The summed E-state index contributed by atoms with van der Waals surface area (Å²) < 4.78 is 51.1. The van der Waals surface area contributed by atoms with Crippen molar-refractivity contribution in [2.45, 2.75) is 50.1 Å². The van der Waals surface area contributed by atoms with Crippen LogP contribution in [-0.4, -0.2) is 83.8 Å². The smallest absolute Gasteiger partial charge is 0.475 e. The fraction of sp³-hybridized carbons (Fsp3) is 0.609. The number of alkyl halides is 3. The number of aliphatic carboxylic acids is 1. The van der Waals surface area contributed by atoms with Crippen molar-refractivity contribution >= 4 is 17.8 Å². The average Bonchev–Trinajstić information content (AvgIpc) is 3.63. The zero-order chi connectivity index (χ0) is 25.8. The molecular weight excluding hydrogens is 474 g/mol. The van der Waals surface area contributed by atoms with Gasteiger partial charge in [-0.3, -0.25) is 9.59 Å². The van der Waals surface area contributed by atoms with Crippen LogP contribution >= 0.6 is 0 Å². The molecule has 1 saturated carbocycles. The SMILES string of the molecule is CN1CC(C(=O)NCc2ccc(F)cc2)OC2(CCN(C(=O)C3CC3)CC2)C1.O=C(O)C(F)(F)F. The van der Waals surface area contributed by atoms with Crippen LogP contribution < -0.4 is 5.32 Å². The van der Waals surface area contributed by atoms with E-state index in [0.29, 0.717) is 26.2 Å². The summed E-state index contributed by atoms with van der Waals surface area (Å²) in [6.45, 7) is 3.07. The number of carbonyl (C=O) groups is 3. The third-order valence-corrected chi connectivity index (χ3v) is 6.26. The van der Waals surface area contributed by atoms with Gasteiger partial charge in [-0.15, -0.1) is 0 Å². The molecule has 1 unspecified atom stereocenters. The number of likely N-dealkylation sites (N-methyl/N-ethyl adjacent to an activating group) is 1. The average molecular weight is 503 g/mol. The van der Waals surface area contributed by atoms with Gasteiger partial charge in [-0.1, -0.05) is 12.1 Å². The first kappa shape index (κ1) is 26.9. The van der Waals surface area contributed by atoms with E-state index in [1.165, 1.54) is 12.1 Å². The molecule has 0 radical (unpaired) electrons. The van der Waals surface area contributed by atoms with Gasteiger partial charge in [0.25, 0.3) is 5.91 Å². The summed E-state index contributed by atoms with van der Waals surface area (Å²) in [7, 11) is 2.01. The largest absolute Gasteiger partial charge is 0.490 e. The molecular formula is C23H29F4N3O5. The maximum Gasteiger partial charge on any atom is 0.490 e. The monoisotopic (exact) mass is 503 g/mol. The lowest BCUT2D eigenvalue weighted by Gasteiger charge is -2.48. The molecule has 0 aromatic heterocycles. The van der Waals surface area contributed by atoms with E-state index >= 15 is 0 Å². The van der Waals surface area contributed by atoms with Crippen molar-refractivity contribution < 1.29 is 41.8 Å². The zero-order valence-corrected chi connectivity index (χ0v) is 19.3. The van der Waals surface area contributed by atoms with Crippen molar-refractivity contribution in [1.29, 1.82) is 0 Å². The molecule has 2 aliphatic heterocycles. The summed E-state index contributed by atoms with van der Waals surface area (Å²) >= 11 is 0. The Labute approximate surface area is 200 Å². The van der Waals surface area contributed by atoms with Gasteiger partial charge in [0.15, 0.2) is 0 Å². The molecule has 1 aliphatic carbocycles. The van der Waals surface area contributed by atoms with Gasteiger partial charge in [-0.25, -0.2) is 9.18 Å². The fourth-order valence-corrected chi connectivity index (χ4v) is 4.26. The molecule has 8 nitrogen and oxygen atoms in total. The Morgan fingerprint density at radius 3 is 2.23 bits per heavy atom. The van der Waals surface area contributed by atoms with E-state index in [9.17, 15) is 27.2 Å². The van der Waals surface area contributed by atoms with Crippen LogP contribution in [0.1, 0.15) is 31.2 Å². The Morgan fingerprint density at radius 1 is 1.14 bits per heavy atom. The number of halogens is 4. The number of likely N-dealkylation sites (tertiary alicyclic amines) is 1. The van der Waals surface area contributed by atoms with Gasteiger partial charge in [0.2, 0.25) is 5.91 Å². The third-order valence-electron chi connectivity index (χ3n) is 6.26. The highest BCUT2D eigenvalue weighted by Crippen LogP contribution is 2.36. The maximum absolute atomic E-state index is 13.0. The highest BCUT2D eigenvalue weighted by atomic mass is 19.4.